The van der Waals surface area contributed by atoms with Crippen LogP contribution in [-0.2, 0) is 13.0 Å². The van der Waals surface area contributed by atoms with Gasteiger partial charge >= 0.3 is 0 Å². The molecule has 0 saturated heterocycles. The number of imidazole rings is 1. The molecule has 2 heterocycles. The Balaban J connectivity index is 1.49. The van der Waals surface area contributed by atoms with Crippen molar-refractivity contribution in [3.8, 4) is 23.2 Å². The first kappa shape index (κ1) is 14.8. The highest BCUT2D eigenvalue weighted by Crippen LogP contribution is 2.27. The summed E-state index contributed by atoms with van der Waals surface area (Å²) in [5, 5.41) is 4.18. The minimum atomic E-state index is 0.623. The van der Waals surface area contributed by atoms with Crippen molar-refractivity contribution >= 4 is 0 Å². The maximum Gasteiger partial charge on any atom is 0.167 e. The molecule has 0 bridgehead atoms. The normalized spacial score (nSPS) is 13.5. The van der Waals surface area contributed by atoms with E-state index in [-0.39, 0.29) is 0 Å². The molecular formula is C20H19N3O. The molecule has 1 aliphatic carbocycles. The molecule has 0 aliphatic heterocycles. The first-order chi connectivity index (χ1) is 11.8. The number of benzene rings is 1. The first-order valence-electron chi connectivity index (χ1n) is 8.39. The van der Waals surface area contributed by atoms with Gasteiger partial charge in [-0.05, 0) is 37.1 Å². The van der Waals surface area contributed by atoms with E-state index in [9.17, 15) is 0 Å². The lowest BCUT2D eigenvalue weighted by atomic mass is 10.1. The Kier molecular flexibility index (Phi) is 3.92. The number of nitrogens with zero attached hydrogens (tertiary/aromatic N) is 3. The Labute approximate surface area is 141 Å². The third kappa shape index (κ3) is 3.26. The molecule has 3 aromatic rings. The Morgan fingerprint density at radius 3 is 2.83 bits per heavy atom. The summed E-state index contributed by atoms with van der Waals surface area (Å²) in [4.78, 5) is 4.33. The second-order valence-corrected chi connectivity index (χ2v) is 6.13. The fourth-order valence-corrected chi connectivity index (χ4v) is 2.63. The topological polar surface area (TPSA) is 43.9 Å². The highest BCUT2D eigenvalue weighted by atomic mass is 16.5. The van der Waals surface area contributed by atoms with Crippen LogP contribution in [0, 0.1) is 17.8 Å². The lowest BCUT2D eigenvalue weighted by molar-refractivity contribution is 0.421. The van der Waals surface area contributed by atoms with Crippen LogP contribution in [0.3, 0.4) is 0 Å². The van der Waals surface area contributed by atoms with Crippen LogP contribution in [0.5, 0.6) is 0 Å². The van der Waals surface area contributed by atoms with Crippen LogP contribution in [0.15, 0.2) is 47.2 Å². The van der Waals surface area contributed by atoms with Crippen molar-refractivity contribution in [2.24, 2.45) is 5.92 Å². The van der Waals surface area contributed by atoms with Gasteiger partial charge in [-0.25, -0.2) is 4.98 Å². The molecule has 2 aromatic heterocycles. The number of hydrogen-bond donors (Lipinski definition) is 0. The summed E-state index contributed by atoms with van der Waals surface area (Å²) in [6, 6.07) is 10.1. The molecule has 0 unspecified atom stereocenters. The minimum Gasteiger partial charge on any atom is -0.356 e. The summed E-state index contributed by atoms with van der Waals surface area (Å²) < 4.78 is 7.60. The van der Waals surface area contributed by atoms with Crippen molar-refractivity contribution in [1.82, 2.24) is 14.7 Å². The second kappa shape index (κ2) is 6.37. The molecule has 1 fully saturated rings. The third-order valence-corrected chi connectivity index (χ3v) is 4.18. The molecule has 0 atom stereocenters. The van der Waals surface area contributed by atoms with Gasteiger partial charge in [0.1, 0.15) is 11.5 Å². The van der Waals surface area contributed by atoms with Crippen LogP contribution in [0.1, 0.15) is 36.8 Å². The zero-order chi connectivity index (χ0) is 16.4. The maximum atomic E-state index is 5.50. The standard InChI is InChI=1S/C20H19N3O/c1-2-20-21-11-12-23(20)14-18-13-19(24-22-18)17-9-7-16(8-10-17)6-5-15-3-4-15/h7-13,15H,2-4,14H2,1H3. The van der Waals surface area contributed by atoms with Gasteiger partial charge < -0.3 is 9.09 Å². The fourth-order valence-electron chi connectivity index (χ4n) is 2.63. The van der Waals surface area contributed by atoms with Crippen LogP contribution >= 0.6 is 0 Å². The average molecular weight is 317 g/mol. The Morgan fingerprint density at radius 1 is 1.25 bits per heavy atom. The van der Waals surface area contributed by atoms with E-state index in [1.807, 2.05) is 42.7 Å². The highest BCUT2D eigenvalue weighted by Gasteiger charge is 2.17. The first-order valence-corrected chi connectivity index (χ1v) is 8.39. The van der Waals surface area contributed by atoms with Gasteiger partial charge in [-0.1, -0.05) is 23.9 Å². The molecule has 0 N–H and O–H groups in total. The molecule has 4 heteroatoms. The molecule has 0 radical (unpaired) electrons. The third-order valence-electron chi connectivity index (χ3n) is 4.18. The van der Waals surface area contributed by atoms with Crippen molar-refractivity contribution in [3.05, 3.63) is 59.8 Å². The van der Waals surface area contributed by atoms with E-state index in [2.05, 4.69) is 33.5 Å². The van der Waals surface area contributed by atoms with Gasteiger partial charge in [-0.2, -0.15) is 0 Å². The smallest absolute Gasteiger partial charge is 0.167 e. The Hall–Kier alpha value is -2.80. The molecule has 120 valence electrons. The summed E-state index contributed by atoms with van der Waals surface area (Å²) in [6.45, 7) is 2.78. The van der Waals surface area contributed by atoms with Gasteiger partial charge in [0.15, 0.2) is 5.76 Å². The monoisotopic (exact) mass is 317 g/mol. The summed E-state index contributed by atoms with van der Waals surface area (Å²) in [5.74, 6) is 8.96. The second-order valence-electron chi connectivity index (χ2n) is 6.13. The lowest BCUT2D eigenvalue weighted by Gasteiger charge is -2.02. The van der Waals surface area contributed by atoms with Crippen LogP contribution < -0.4 is 0 Å². The molecule has 4 nitrogen and oxygen atoms in total. The van der Waals surface area contributed by atoms with Gasteiger partial charge in [0.05, 0.1) is 6.54 Å². The highest BCUT2D eigenvalue weighted by molar-refractivity contribution is 5.59. The van der Waals surface area contributed by atoms with Crippen LogP contribution in [0.25, 0.3) is 11.3 Å². The largest absolute Gasteiger partial charge is 0.356 e. The minimum absolute atomic E-state index is 0.623. The molecule has 1 aliphatic rings. The molecular weight excluding hydrogens is 298 g/mol. The van der Waals surface area contributed by atoms with Crippen molar-refractivity contribution in [1.29, 1.82) is 0 Å². The van der Waals surface area contributed by atoms with Crippen LogP contribution in [-0.4, -0.2) is 14.7 Å². The van der Waals surface area contributed by atoms with Gasteiger partial charge in [0.25, 0.3) is 0 Å². The van der Waals surface area contributed by atoms with E-state index < -0.39 is 0 Å². The molecule has 1 saturated carbocycles. The predicted molar refractivity (Wildman–Crippen MR) is 92.2 cm³/mol. The summed E-state index contributed by atoms with van der Waals surface area (Å²) >= 11 is 0. The van der Waals surface area contributed by atoms with E-state index >= 15 is 0 Å². The van der Waals surface area contributed by atoms with E-state index in [0.29, 0.717) is 12.5 Å². The SMILES string of the molecule is CCc1nccn1Cc1cc(-c2ccc(C#CC3CC3)cc2)on1. The van der Waals surface area contributed by atoms with Crippen LogP contribution in [0.4, 0.5) is 0 Å². The van der Waals surface area contributed by atoms with Gasteiger partial charge in [-0.3, -0.25) is 0 Å². The predicted octanol–water partition coefficient (Wildman–Crippen LogP) is 3.91. The summed E-state index contributed by atoms with van der Waals surface area (Å²) in [5.41, 5.74) is 2.97. The number of rotatable bonds is 4. The van der Waals surface area contributed by atoms with Gasteiger partial charge in [0, 0.05) is 41.9 Å². The lowest BCUT2D eigenvalue weighted by Crippen LogP contribution is -2.03. The molecule has 0 spiro atoms. The number of hydrogen-bond acceptors (Lipinski definition) is 3. The van der Waals surface area contributed by atoms with Crippen molar-refractivity contribution in [2.45, 2.75) is 32.7 Å². The van der Waals surface area contributed by atoms with E-state index in [4.69, 9.17) is 4.52 Å². The quantitative estimate of drug-likeness (QED) is 0.685. The Bertz CT molecular complexity index is 889. The van der Waals surface area contributed by atoms with E-state index in [0.717, 1.165) is 34.8 Å². The number of aryl methyl sites for hydroxylation is 1. The maximum absolute atomic E-state index is 5.50. The summed E-state index contributed by atoms with van der Waals surface area (Å²) in [7, 11) is 0. The molecule has 4 rings (SSSR count). The van der Waals surface area contributed by atoms with Gasteiger partial charge in [0.2, 0.25) is 0 Å². The van der Waals surface area contributed by atoms with Crippen molar-refractivity contribution in [3.63, 3.8) is 0 Å². The zero-order valence-corrected chi connectivity index (χ0v) is 13.7. The van der Waals surface area contributed by atoms with E-state index in [1.165, 1.54) is 12.8 Å². The molecule has 24 heavy (non-hydrogen) atoms. The Morgan fingerprint density at radius 2 is 2.08 bits per heavy atom. The fraction of sp³-hybridized carbons (Fsp3) is 0.300. The molecule has 1 aromatic carbocycles. The zero-order valence-electron chi connectivity index (χ0n) is 13.7. The molecule has 0 amide bonds. The van der Waals surface area contributed by atoms with E-state index in [1.54, 1.807) is 0 Å². The van der Waals surface area contributed by atoms with Crippen LogP contribution in [0.2, 0.25) is 0 Å². The van der Waals surface area contributed by atoms with Crippen molar-refractivity contribution in [2.75, 3.05) is 0 Å². The average Bonchev–Trinajstić information content (AvgIpc) is 3.14. The van der Waals surface area contributed by atoms with Gasteiger partial charge in [-0.15, -0.1) is 0 Å². The summed E-state index contributed by atoms with van der Waals surface area (Å²) in [6.07, 6.45) is 7.20. The number of aromatic nitrogens is 3. The van der Waals surface area contributed by atoms with Crippen molar-refractivity contribution < 1.29 is 4.52 Å².